The molecule has 9 heteroatoms. The highest BCUT2D eigenvalue weighted by Crippen LogP contribution is 2.40. The molecule has 1 N–H and O–H groups in total. The highest BCUT2D eigenvalue weighted by molar-refractivity contribution is 6.34. The number of ether oxygens (including phenoxy) is 1. The Hall–Kier alpha value is -2.55. The number of rotatable bonds is 5. The van der Waals surface area contributed by atoms with Crippen LogP contribution in [0.3, 0.4) is 0 Å². The second-order valence-corrected chi connectivity index (χ2v) is 10.3. The number of halogens is 3. The van der Waals surface area contributed by atoms with Crippen LogP contribution >= 0.6 is 11.6 Å². The summed E-state index contributed by atoms with van der Waals surface area (Å²) >= 11 is 6.57. The summed E-state index contributed by atoms with van der Waals surface area (Å²) in [7, 11) is 2.08. The minimum atomic E-state index is -0.665. The van der Waals surface area contributed by atoms with Crippen molar-refractivity contribution in [2.24, 2.45) is 0 Å². The van der Waals surface area contributed by atoms with Gasteiger partial charge in [-0.05, 0) is 51.4 Å². The van der Waals surface area contributed by atoms with Gasteiger partial charge in [0.25, 0.3) is 0 Å². The van der Waals surface area contributed by atoms with Gasteiger partial charge >= 0.3 is 6.01 Å². The van der Waals surface area contributed by atoms with Crippen molar-refractivity contribution in [3.8, 4) is 17.1 Å². The predicted molar refractivity (Wildman–Crippen MR) is 133 cm³/mol. The Balaban J connectivity index is 1.47. The maximum absolute atomic E-state index is 16.1. The van der Waals surface area contributed by atoms with E-state index in [0.717, 1.165) is 45.3 Å². The van der Waals surface area contributed by atoms with E-state index in [1.54, 1.807) is 18.2 Å². The molecule has 2 bridgehead atoms. The number of fused-ring (bicyclic) bond motifs is 3. The molecule has 3 aromatic rings. The number of benzene rings is 2. The predicted octanol–water partition coefficient (Wildman–Crippen LogP) is 4.64. The molecule has 6 rings (SSSR count). The van der Waals surface area contributed by atoms with E-state index in [1.165, 1.54) is 12.1 Å². The summed E-state index contributed by atoms with van der Waals surface area (Å²) < 4.78 is 36.7. The van der Waals surface area contributed by atoms with Gasteiger partial charge in [-0.15, -0.1) is 0 Å². The Morgan fingerprint density at radius 3 is 2.60 bits per heavy atom. The van der Waals surface area contributed by atoms with Crippen molar-refractivity contribution >= 4 is 28.3 Å². The standard InChI is InChI=1S/C26H28ClF2N5O/c1-33-10-4-5-17(33)14-35-26-31-24-19(25(32-26)34-12-15-8-9-16(13-34)30-15)11-20(27)22(23(24)29)18-6-2-3-7-21(18)28/h2-3,6-7,11,15-17,30H,4-5,8-10,12-14H2,1H3/t15?,16?,17-/m0/s1. The molecule has 4 heterocycles. The molecule has 0 amide bonds. The van der Waals surface area contributed by atoms with E-state index in [9.17, 15) is 4.39 Å². The van der Waals surface area contributed by atoms with Crippen molar-refractivity contribution < 1.29 is 13.5 Å². The van der Waals surface area contributed by atoms with Crippen molar-refractivity contribution in [2.45, 2.75) is 43.8 Å². The lowest BCUT2D eigenvalue weighted by atomic mass is 10.0. The van der Waals surface area contributed by atoms with Crippen LogP contribution in [0.1, 0.15) is 25.7 Å². The van der Waals surface area contributed by atoms with Gasteiger partial charge in [0.1, 0.15) is 23.8 Å². The molecule has 184 valence electrons. The molecule has 0 aliphatic carbocycles. The van der Waals surface area contributed by atoms with Gasteiger partial charge in [-0.25, -0.2) is 8.78 Å². The van der Waals surface area contributed by atoms with Gasteiger partial charge in [-0.2, -0.15) is 9.97 Å². The zero-order chi connectivity index (χ0) is 24.1. The quantitative estimate of drug-likeness (QED) is 0.552. The Morgan fingerprint density at radius 2 is 1.89 bits per heavy atom. The SMILES string of the molecule is CN1CCC[C@H]1COc1nc(N2CC3CCC(C2)N3)c2cc(Cl)c(-c3ccccc3F)c(F)c2n1. The van der Waals surface area contributed by atoms with Gasteiger partial charge in [0, 0.05) is 47.7 Å². The van der Waals surface area contributed by atoms with Gasteiger partial charge in [0.2, 0.25) is 0 Å². The van der Waals surface area contributed by atoms with Crippen molar-refractivity contribution in [2.75, 3.05) is 38.2 Å². The number of likely N-dealkylation sites (N-methyl/N-ethyl adjacent to an activating group) is 1. The van der Waals surface area contributed by atoms with Crippen molar-refractivity contribution in [3.63, 3.8) is 0 Å². The van der Waals surface area contributed by atoms with Crippen LogP contribution in [0, 0.1) is 11.6 Å². The second-order valence-electron chi connectivity index (χ2n) is 9.88. The van der Waals surface area contributed by atoms with Crippen LogP contribution in [0.4, 0.5) is 14.6 Å². The van der Waals surface area contributed by atoms with Crippen LogP contribution in [0.2, 0.25) is 5.02 Å². The number of hydrogen-bond acceptors (Lipinski definition) is 6. The van der Waals surface area contributed by atoms with Crippen LogP contribution < -0.4 is 15.0 Å². The van der Waals surface area contributed by atoms with Gasteiger partial charge in [0.15, 0.2) is 5.82 Å². The Bertz CT molecular complexity index is 1260. The van der Waals surface area contributed by atoms with Crippen LogP contribution in [-0.2, 0) is 0 Å². The van der Waals surface area contributed by atoms with Crippen LogP contribution in [0.15, 0.2) is 30.3 Å². The summed E-state index contributed by atoms with van der Waals surface area (Å²) in [6, 6.07) is 8.86. The Morgan fingerprint density at radius 1 is 1.11 bits per heavy atom. The first-order valence-corrected chi connectivity index (χ1v) is 12.6. The Kier molecular flexibility index (Phi) is 5.98. The third-order valence-corrected chi connectivity index (χ3v) is 7.88. The number of likely N-dealkylation sites (tertiary alicyclic amines) is 1. The highest BCUT2D eigenvalue weighted by Gasteiger charge is 2.34. The van der Waals surface area contributed by atoms with Crippen LogP contribution in [-0.4, -0.2) is 66.3 Å². The molecular weight excluding hydrogens is 472 g/mol. The summed E-state index contributed by atoms with van der Waals surface area (Å²) in [6.07, 6.45) is 4.37. The minimum absolute atomic E-state index is 0.00349. The number of aromatic nitrogens is 2. The maximum Gasteiger partial charge on any atom is 0.319 e. The first kappa shape index (κ1) is 22.9. The lowest BCUT2D eigenvalue weighted by Crippen LogP contribution is -2.51. The first-order valence-electron chi connectivity index (χ1n) is 12.3. The van der Waals surface area contributed by atoms with E-state index < -0.39 is 11.6 Å². The third-order valence-electron chi connectivity index (χ3n) is 7.58. The normalized spacial score (nSPS) is 24.5. The molecule has 3 aliphatic heterocycles. The molecule has 3 atom stereocenters. The molecule has 3 aliphatic rings. The monoisotopic (exact) mass is 499 g/mol. The average Bonchev–Trinajstić information content (AvgIpc) is 3.42. The van der Waals surface area contributed by atoms with Gasteiger partial charge < -0.3 is 19.9 Å². The molecule has 3 saturated heterocycles. The summed E-state index contributed by atoms with van der Waals surface area (Å²) in [4.78, 5) is 13.7. The smallest absolute Gasteiger partial charge is 0.319 e. The fourth-order valence-electron chi connectivity index (χ4n) is 5.71. The van der Waals surface area contributed by atoms with Crippen molar-refractivity contribution in [3.05, 3.63) is 47.0 Å². The number of anilines is 1. The summed E-state index contributed by atoms with van der Waals surface area (Å²) in [6.45, 7) is 2.99. The maximum atomic E-state index is 16.1. The summed E-state index contributed by atoms with van der Waals surface area (Å²) in [5.74, 6) is -0.590. The van der Waals surface area contributed by atoms with Gasteiger partial charge in [0.05, 0.1) is 5.02 Å². The summed E-state index contributed by atoms with van der Waals surface area (Å²) in [5, 5.41) is 4.26. The van der Waals surface area contributed by atoms with Crippen molar-refractivity contribution in [1.82, 2.24) is 20.2 Å². The van der Waals surface area contributed by atoms with E-state index >= 15 is 4.39 Å². The van der Waals surface area contributed by atoms with E-state index in [4.69, 9.17) is 21.3 Å². The molecule has 0 spiro atoms. The molecule has 35 heavy (non-hydrogen) atoms. The number of nitrogens with one attached hydrogen (secondary N) is 1. The largest absolute Gasteiger partial charge is 0.462 e. The molecular formula is C26H28ClF2N5O. The number of nitrogens with zero attached hydrogens (tertiary/aromatic N) is 4. The lowest BCUT2D eigenvalue weighted by molar-refractivity contribution is 0.188. The number of hydrogen-bond donors (Lipinski definition) is 1. The highest BCUT2D eigenvalue weighted by atomic mass is 35.5. The van der Waals surface area contributed by atoms with Gasteiger partial charge in [-0.3, -0.25) is 0 Å². The molecule has 0 radical (unpaired) electrons. The fraction of sp³-hybridized carbons (Fsp3) is 0.462. The topological polar surface area (TPSA) is 53.5 Å². The molecule has 0 saturated carbocycles. The van der Waals surface area contributed by atoms with E-state index in [2.05, 4.69) is 27.1 Å². The zero-order valence-electron chi connectivity index (χ0n) is 19.6. The minimum Gasteiger partial charge on any atom is -0.462 e. The zero-order valence-corrected chi connectivity index (χ0v) is 20.4. The first-order chi connectivity index (χ1) is 17.0. The van der Waals surface area contributed by atoms with E-state index in [-0.39, 0.29) is 33.7 Å². The second kappa shape index (κ2) is 9.15. The van der Waals surface area contributed by atoms with Crippen molar-refractivity contribution in [1.29, 1.82) is 0 Å². The number of piperazine rings is 1. The molecule has 2 aromatic carbocycles. The molecule has 3 fully saturated rings. The van der Waals surface area contributed by atoms with Crippen LogP contribution in [0.25, 0.3) is 22.0 Å². The Labute approximate surface area is 208 Å². The van der Waals surface area contributed by atoms with E-state index in [1.807, 2.05) is 0 Å². The van der Waals surface area contributed by atoms with Crippen LogP contribution in [0.5, 0.6) is 6.01 Å². The van der Waals surface area contributed by atoms with E-state index in [0.29, 0.717) is 29.9 Å². The molecule has 1 aromatic heterocycles. The summed E-state index contributed by atoms with van der Waals surface area (Å²) in [5.41, 5.74) is 0.203. The molecule has 2 unspecified atom stereocenters. The molecule has 6 nitrogen and oxygen atoms in total. The average molecular weight is 500 g/mol. The third kappa shape index (κ3) is 4.21. The fourth-order valence-corrected chi connectivity index (χ4v) is 6.00. The van der Waals surface area contributed by atoms with Gasteiger partial charge in [-0.1, -0.05) is 29.8 Å². The lowest BCUT2D eigenvalue weighted by Gasteiger charge is -2.34.